The number of carboxylic acid groups (broad SMARTS) is 1. The lowest BCUT2D eigenvalue weighted by Crippen LogP contribution is -2.44. The summed E-state index contributed by atoms with van der Waals surface area (Å²) in [7, 11) is 0. The molecule has 13 heavy (non-hydrogen) atoms. The number of carbonyl (C=O) groups is 1. The van der Waals surface area contributed by atoms with Crippen molar-refractivity contribution in [3.05, 3.63) is 0 Å². The average molecular weight is 184 g/mol. The van der Waals surface area contributed by atoms with E-state index in [4.69, 9.17) is 5.11 Å². The Hall–Kier alpha value is -0.530. The second-order valence-electron chi connectivity index (χ2n) is 4.82. The third-order valence-corrected chi connectivity index (χ3v) is 3.37. The van der Waals surface area contributed by atoms with E-state index in [0.717, 1.165) is 25.7 Å². The van der Waals surface area contributed by atoms with Gasteiger partial charge < -0.3 is 5.11 Å². The van der Waals surface area contributed by atoms with E-state index in [1.54, 1.807) is 0 Å². The highest BCUT2D eigenvalue weighted by atomic mass is 16.4. The molecule has 1 fully saturated rings. The summed E-state index contributed by atoms with van der Waals surface area (Å²) in [5.74, 6) is 0.578. The first-order valence-electron chi connectivity index (χ1n) is 5.23. The third kappa shape index (κ3) is 2.04. The van der Waals surface area contributed by atoms with Crippen molar-refractivity contribution in [1.29, 1.82) is 0 Å². The monoisotopic (exact) mass is 184 g/mol. The van der Waals surface area contributed by atoms with Crippen LogP contribution in [0.25, 0.3) is 0 Å². The molecule has 76 valence electrons. The van der Waals surface area contributed by atoms with Gasteiger partial charge in [0.05, 0.1) is 5.41 Å². The predicted molar refractivity (Wildman–Crippen MR) is 52.5 cm³/mol. The molecule has 1 N–H and O–H groups in total. The minimum atomic E-state index is -0.578. The van der Waals surface area contributed by atoms with Crippen LogP contribution in [0.1, 0.15) is 46.5 Å². The highest BCUT2D eigenvalue weighted by molar-refractivity contribution is 5.75. The number of hydrogen-bond acceptors (Lipinski definition) is 1. The van der Waals surface area contributed by atoms with Gasteiger partial charge in [0.2, 0.25) is 0 Å². The summed E-state index contributed by atoms with van der Waals surface area (Å²) in [4.78, 5) is 11.1. The zero-order valence-corrected chi connectivity index (χ0v) is 8.84. The molecule has 0 aliphatic heterocycles. The van der Waals surface area contributed by atoms with Crippen LogP contribution in [0, 0.1) is 17.3 Å². The van der Waals surface area contributed by atoms with Crippen LogP contribution in [0.15, 0.2) is 0 Å². The van der Waals surface area contributed by atoms with Crippen LogP contribution in [0.4, 0.5) is 0 Å². The number of hydrogen-bond donors (Lipinski definition) is 1. The second kappa shape index (κ2) is 3.69. The van der Waals surface area contributed by atoms with Gasteiger partial charge in [-0.3, -0.25) is 4.79 Å². The minimum absolute atomic E-state index is 0.366. The molecule has 0 bridgehead atoms. The third-order valence-electron chi connectivity index (χ3n) is 3.37. The quantitative estimate of drug-likeness (QED) is 0.729. The molecule has 1 atom stereocenters. The molecule has 1 unspecified atom stereocenters. The summed E-state index contributed by atoms with van der Waals surface area (Å²) in [5.41, 5.74) is -0.366. The van der Waals surface area contributed by atoms with Crippen molar-refractivity contribution in [1.82, 2.24) is 0 Å². The maximum absolute atomic E-state index is 11.1. The number of carboxylic acids is 1. The largest absolute Gasteiger partial charge is 0.481 e. The molecule has 0 spiro atoms. The van der Waals surface area contributed by atoms with E-state index in [9.17, 15) is 4.79 Å². The van der Waals surface area contributed by atoms with Gasteiger partial charge in [0.15, 0.2) is 0 Å². The van der Waals surface area contributed by atoms with Gasteiger partial charge in [-0.25, -0.2) is 0 Å². The van der Waals surface area contributed by atoms with Crippen LogP contribution >= 0.6 is 0 Å². The first-order valence-corrected chi connectivity index (χ1v) is 5.23. The molecule has 0 aromatic rings. The van der Waals surface area contributed by atoms with E-state index in [2.05, 4.69) is 20.8 Å². The van der Waals surface area contributed by atoms with Gasteiger partial charge in [0.25, 0.3) is 0 Å². The lowest BCUT2D eigenvalue weighted by molar-refractivity contribution is -0.159. The molecule has 0 saturated heterocycles. The normalized spacial score (nSPS) is 35.2. The Bertz CT molecular complexity index is 192. The highest BCUT2D eigenvalue weighted by Gasteiger charge is 2.48. The van der Waals surface area contributed by atoms with Crippen LogP contribution in [0.2, 0.25) is 0 Å². The van der Waals surface area contributed by atoms with E-state index in [1.807, 2.05) is 0 Å². The molecule has 0 amide bonds. The van der Waals surface area contributed by atoms with E-state index in [-0.39, 0.29) is 5.41 Å². The molecular formula is C11H20O2. The molecule has 2 heteroatoms. The van der Waals surface area contributed by atoms with Gasteiger partial charge in [-0.05, 0) is 31.1 Å². The zero-order valence-electron chi connectivity index (χ0n) is 8.84. The van der Waals surface area contributed by atoms with Crippen molar-refractivity contribution in [2.24, 2.45) is 17.3 Å². The lowest BCUT2D eigenvalue weighted by Gasteiger charge is -2.44. The van der Waals surface area contributed by atoms with Gasteiger partial charge in [0.1, 0.15) is 0 Å². The fourth-order valence-electron chi connectivity index (χ4n) is 2.51. The molecule has 1 aliphatic rings. The van der Waals surface area contributed by atoms with Gasteiger partial charge in [-0.1, -0.05) is 27.2 Å². The topological polar surface area (TPSA) is 37.3 Å². The Labute approximate surface area is 80.3 Å². The SMILES string of the molecule is CCC(C)CC1(C(=O)O)CC(C)C1. The zero-order chi connectivity index (χ0) is 10.1. The lowest BCUT2D eigenvalue weighted by atomic mass is 9.59. The predicted octanol–water partition coefficient (Wildman–Crippen LogP) is 2.92. The van der Waals surface area contributed by atoms with Gasteiger partial charge in [-0.2, -0.15) is 0 Å². The molecule has 0 heterocycles. The number of rotatable bonds is 4. The smallest absolute Gasteiger partial charge is 0.309 e. The Morgan fingerprint density at radius 1 is 1.62 bits per heavy atom. The first-order chi connectivity index (χ1) is 6.00. The summed E-state index contributed by atoms with van der Waals surface area (Å²) in [6, 6.07) is 0. The van der Waals surface area contributed by atoms with E-state index in [1.165, 1.54) is 0 Å². The van der Waals surface area contributed by atoms with Gasteiger partial charge in [0, 0.05) is 0 Å². The first kappa shape index (κ1) is 10.6. The van der Waals surface area contributed by atoms with Crippen LogP contribution in [-0.4, -0.2) is 11.1 Å². The molecule has 1 aliphatic carbocycles. The van der Waals surface area contributed by atoms with Gasteiger partial charge >= 0.3 is 5.97 Å². The number of aliphatic carboxylic acids is 1. The van der Waals surface area contributed by atoms with Crippen molar-refractivity contribution >= 4 is 5.97 Å². The maximum atomic E-state index is 11.1. The summed E-state index contributed by atoms with van der Waals surface area (Å²) < 4.78 is 0. The molecular weight excluding hydrogens is 164 g/mol. The standard InChI is InChI=1S/C11H20O2/c1-4-8(2)5-11(10(12)13)6-9(3)7-11/h8-9H,4-7H2,1-3H3,(H,12,13). The van der Waals surface area contributed by atoms with Crippen LogP contribution in [0.5, 0.6) is 0 Å². The highest BCUT2D eigenvalue weighted by Crippen LogP contribution is 2.50. The average Bonchev–Trinajstić information content (AvgIpc) is 2.00. The Morgan fingerprint density at radius 2 is 2.15 bits per heavy atom. The van der Waals surface area contributed by atoms with Crippen molar-refractivity contribution in [3.8, 4) is 0 Å². The molecule has 1 rings (SSSR count). The summed E-state index contributed by atoms with van der Waals surface area (Å²) in [6.45, 7) is 6.41. The van der Waals surface area contributed by atoms with E-state index < -0.39 is 5.97 Å². The molecule has 0 aromatic carbocycles. The van der Waals surface area contributed by atoms with Gasteiger partial charge in [-0.15, -0.1) is 0 Å². The van der Waals surface area contributed by atoms with Crippen LogP contribution in [0.3, 0.4) is 0 Å². The fourth-order valence-corrected chi connectivity index (χ4v) is 2.51. The minimum Gasteiger partial charge on any atom is -0.481 e. The van der Waals surface area contributed by atoms with Crippen molar-refractivity contribution < 1.29 is 9.90 Å². The summed E-state index contributed by atoms with van der Waals surface area (Å²) >= 11 is 0. The molecule has 2 nitrogen and oxygen atoms in total. The van der Waals surface area contributed by atoms with E-state index >= 15 is 0 Å². The Kier molecular flexibility index (Phi) is 2.99. The Balaban J connectivity index is 2.55. The van der Waals surface area contributed by atoms with Crippen molar-refractivity contribution in [2.75, 3.05) is 0 Å². The van der Waals surface area contributed by atoms with Crippen molar-refractivity contribution in [2.45, 2.75) is 46.5 Å². The summed E-state index contributed by atoms with van der Waals surface area (Å²) in [5, 5.41) is 9.15. The Morgan fingerprint density at radius 3 is 2.46 bits per heavy atom. The second-order valence-corrected chi connectivity index (χ2v) is 4.82. The maximum Gasteiger partial charge on any atom is 0.309 e. The van der Waals surface area contributed by atoms with Crippen molar-refractivity contribution in [3.63, 3.8) is 0 Å². The van der Waals surface area contributed by atoms with E-state index in [0.29, 0.717) is 11.8 Å². The molecule has 1 saturated carbocycles. The fraction of sp³-hybridized carbons (Fsp3) is 0.909. The summed E-state index contributed by atoms with van der Waals surface area (Å²) in [6.07, 6.45) is 3.71. The van der Waals surface area contributed by atoms with Crippen LogP contribution < -0.4 is 0 Å². The molecule has 0 radical (unpaired) electrons. The van der Waals surface area contributed by atoms with Crippen LogP contribution in [-0.2, 0) is 4.79 Å². The molecule has 0 aromatic heterocycles.